The molecular formula is C12H15BrO2. The maximum Gasteiger partial charge on any atom is 0.339 e. The predicted molar refractivity (Wildman–Crippen MR) is 63.9 cm³/mol. The minimum atomic E-state index is -0.261. The van der Waals surface area contributed by atoms with Gasteiger partial charge in [-0.3, -0.25) is 0 Å². The van der Waals surface area contributed by atoms with Crippen molar-refractivity contribution in [2.75, 3.05) is 6.61 Å². The van der Waals surface area contributed by atoms with Gasteiger partial charge in [-0.05, 0) is 34.0 Å². The van der Waals surface area contributed by atoms with Crippen LogP contribution < -0.4 is 0 Å². The van der Waals surface area contributed by atoms with Crippen molar-refractivity contribution in [3.63, 3.8) is 0 Å². The molecule has 82 valence electrons. The van der Waals surface area contributed by atoms with E-state index in [1.54, 1.807) is 6.07 Å². The van der Waals surface area contributed by atoms with Crippen LogP contribution in [0.4, 0.5) is 0 Å². The standard InChI is InChI=1S/C12H15BrO2/c1-3-9(2)8-15-12(14)10-6-4-5-7-11(10)13/h4-7,9H,3,8H2,1-2H3/t9-/m1/s1. The fourth-order valence-electron chi connectivity index (χ4n) is 1.04. The van der Waals surface area contributed by atoms with Crippen molar-refractivity contribution >= 4 is 21.9 Å². The highest BCUT2D eigenvalue weighted by molar-refractivity contribution is 9.10. The highest BCUT2D eigenvalue weighted by Gasteiger charge is 2.11. The van der Waals surface area contributed by atoms with Crippen LogP contribution in [0.5, 0.6) is 0 Å². The van der Waals surface area contributed by atoms with Crippen LogP contribution >= 0.6 is 15.9 Å². The Morgan fingerprint density at radius 1 is 1.47 bits per heavy atom. The largest absolute Gasteiger partial charge is 0.462 e. The Bertz CT molecular complexity index is 336. The topological polar surface area (TPSA) is 26.3 Å². The first-order valence-corrected chi connectivity index (χ1v) is 5.86. The van der Waals surface area contributed by atoms with Gasteiger partial charge in [-0.25, -0.2) is 4.79 Å². The molecule has 0 radical (unpaired) electrons. The highest BCUT2D eigenvalue weighted by Crippen LogP contribution is 2.17. The Hall–Kier alpha value is -0.830. The van der Waals surface area contributed by atoms with Crippen molar-refractivity contribution < 1.29 is 9.53 Å². The zero-order valence-electron chi connectivity index (χ0n) is 9.00. The van der Waals surface area contributed by atoms with Gasteiger partial charge in [0.05, 0.1) is 12.2 Å². The summed E-state index contributed by atoms with van der Waals surface area (Å²) in [5.74, 6) is 0.152. The molecule has 3 heteroatoms. The molecule has 1 rings (SSSR count). The lowest BCUT2D eigenvalue weighted by Crippen LogP contribution is -2.11. The molecule has 15 heavy (non-hydrogen) atoms. The van der Waals surface area contributed by atoms with Crippen LogP contribution in [0, 0.1) is 5.92 Å². The number of hydrogen-bond acceptors (Lipinski definition) is 2. The van der Waals surface area contributed by atoms with Crippen molar-refractivity contribution in [3.8, 4) is 0 Å². The van der Waals surface area contributed by atoms with E-state index in [-0.39, 0.29) is 5.97 Å². The van der Waals surface area contributed by atoms with Crippen LogP contribution in [0.1, 0.15) is 30.6 Å². The molecule has 0 aromatic heterocycles. The Balaban J connectivity index is 2.58. The maximum atomic E-state index is 11.6. The lowest BCUT2D eigenvalue weighted by atomic mass is 10.1. The second-order valence-electron chi connectivity index (χ2n) is 3.59. The van der Waals surface area contributed by atoms with Crippen molar-refractivity contribution in [2.24, 2.45) is 5.92 Å². The molecule has 1 aromatic carbocycles. The second kappa shape index (κ2) is 5.91. The normalized spacial score (nSPS) is 12.2. The van der Waals surface area contributed by atoms with E-state index in [0.717, 1.165) is 10.9 Å². The molecule has 0 fully saturated rings. The zero-order valence-corrected chi connectivity index (χ0v) is 10.6. The van der Waals surface area contributed by atoms with Gasteiger partial charge in [0.15, 0.2) is 0 Å². The van der Waals surface area contributed by atoms with E-state index in [1.807, 2.05) is 18.2 Å². The summed E-state index contributed by atoms with van der Waals surface area (Å²) in [4.78, 5) is 11.6. The molecule has 0 aliphatic heterocycles. The summed E-state index contributed by atoms with van der Waals surface area (Å²) in [6.07, 6.45) is 1.02. The van der Waals surface area contributed by atoms with Crippen LogP contribution in [-0.4, -0.2) is 12.6 Å². The van der Waals surface area contributed by atoms with E-state index in [4.69, 9.17) is 4.74 Å². The predicted octanol–water partition coefficient (Wildman–Crippen LogP) is 3.65. The molecule has 1 atom stereocenters. The first-order chi connectivity index (χ1) is 7.15. The minimum absolute atomic E-state index is 0.261. The fourth-order valence-corrected chi connectivity index (χ4v) is 1.49. The number of carbonyl (C=O) groups excluding carboxylic acids is 1. The number of benzene rings is 1. The van der Waals surface area contributed by atoms with Crippen molar-refractivity contribution in [1.29, 1.82) is 0 Å². The monoisotopic (exact) mass is 270 g/mol. The SMILES string of the molecule is CC[C@@H](C)COC(=O)c1ccccc1Br. The van der Waals surface area contributed by atoms with Crippen LogP contribution in [0.3, 0.4) is 0 Å². The van der Waals surface area contributed by atoms with Gasteiger partial charge in [0.25, 0.3) is 0 Å². The lowest BCUT2D eigenvalue weighted by Gasteiger charge is -2.10. The van der Waals surface area contributed by atoms with Gasteiger partial charge in [0.1, 0.15) is 0 Å². The Morgan fingerprint density at radius 2 is 2.13 bits per heavy atom. The molecule has 0 saturated carbocycles. The van der Waals surface area contributed by atoms with E-state index in [2.05, 4.69) is 29.8 Å². The van der Waals surface area contributed by atoms with Gasteiger partial charge >= 0.3 is 5.97 Å². The van der Waals surface area contributed by atoms with Crippen LogP contribution in [0.25, 0.3) is 0 Å². The van der Waals surface area contributed by atoms with Crippen molar-refractivity contribution in [1.82, 2.24) is 0 Å². The first kappa shape index (κ1) is 12.2. The molecule has 0 saturated heterocycles. The number of rotatable bonds is 4. The average Bonchev–Trinajstić information content (AvgIpc) is 2.26. The van der Waals surface area contributed by atoms with E-state index in [0.29, 0.717) is 18.1 Å². The first-order valence-electron chi connectivity index (χ1n) is 5.06. The van der Waals surface area contributed by atoms with E-state index >= 15 is 0 Å². The fraction of sp³-hybridized carbons (Fsp3) is 0.417. The van der Waals surface area contributed by atoms with Gasteiger partial charge in [0, 0.05) is 4.47 Å². The van der Waals surface area contributed by atoms with Crippen LogP contribution in [-0.2, 0) is 4.74 Å². The number of ether oxygens (including phenoxy) is 1. The molecule has 0 unspecified atom stereocenters. The molecule has 0 spiro atoms. The summed E-state index contributed by atoms with van der Waals surface area (Å²) in [6.45, 7) is 4.63. The molecule has 2 nitrogen and oxygen atoms in total. The molecule has 0 aliphatic rings. The maximum absolute atomic E-state index is 11.6. The smallest absolute Gasteiger partial charge is 0.339 e. The Labute approximate surface area is 98.8 Å². The number of hydrogen-bond donors (Lipinski definition) is 0. The second-order valence-corrected chi connectivity index (χ2v) is 4.45. The average molecular weight is 271 g/mol. The van der Waals surface area contributed by atoms with E-state index in [1.165, 1.54) is 0 Å². The number of carbonyl (C=O) groups is 1. The molecule has 0 aliphatic carbocycles. The van der Waals surface area contributed by atoms with Crippen molar-refractivity contribution in [2.45, 2.75) is 20.3 Å². The summed E-state index contributed by atoms with van der Waals surface area (Å²) in [5, 5.41) is 0. The number of esters is 1. The summed E-state index contributed by atoms with van der Waals surface area (Å²) in [7, 11) is 0. The van der Waals surface area contributed by atoms with Gasteiger partial charge in [-0.2, -0.15) is 0 Å². The lowest BCUT2D eigenvalue weighted by molar-refractivity contribution is 0.0446. The third-order valence-electron chi connectivity index (χ3n) is 2.29. The van der Waals surface area contributed by atoms with Gasteiger partial charge in [-0.1, -0.05) is 32.4 Å². The molecular weight excluding hydrogens is 256 g/mol. The molecule has 0 bridgehead atoms. The molecule has 1 aromatic rings. The summed E-state index contributed by atoms with van der Waals surface area (Å²) in [5.41, 5.74) is 0.584. The third-order valence-corrected chi connectivity index (χ3v) is 2.98. The minimum Gasteiger partial charge on any atom is -0.462 e. The van der Waals surface area contributed by atoms with Crippen LogP contribution in [0.2, 0.25) is 0 Å². The Morgan fingerprint density at radius 3 is 2.73 bits per heavy atom. The highest BCUT2D eigenvalue weighted by atomic mass is 79.9. The number of halogens is 1. The van der Waals surface area contributed by atoms with E-state index < -0.39 is 0 Å². The molecule has 0 heterocycles. The molecule has 0 N–H and O–H groups in total. The van der Waals surface area contributed by atoms with E-state index in [9.17, 15) is 4.79 Å². The van der Waals surface area contributed by atoms with Crippen LogP contribution in [0.15, 0.2) is 28.7 Å². The molecule has 0 amide bonds. The van der Waals surface area contributed by atoms with Gasteiger partial charge < -0.3 is 4.74 Å². The quantitative estimate of drug-likeness (QED) is 0.781. The Kier molecular flexibility index (Phi) is 4.82. The third kappa shape index (κ3) is 3.67. The summed E-state index contributed by atoms with van der Waals surface area (Å²) in [6, 6.07) is 7.28. The van der Waals surface area contributed by atoms with Gasteiger partial charge in [0.2, 0.25) is 0 Å². The zero-order chi connectivity index (χ0) is 11.3. The van der Waals surface area contributed by atoms with Gasteiger partial charge in [-0.15, -0.1) is 0 Å². The summed E-state index contributed by atoms with van der Waals surface area (Å²) >= 11 is 3.32. The summed E-state index contributed by atoms with van der Waals surface area (Å²) < 4.78 is 5.97. The van der Waals surface area contributed by atoms with Crippen molar-refractivity contribution in [3.05, 3.63) is 34.3 Å².